The Bertz CT molecular complexity index is 62.9. The van der Waals surface area contributed by atoms with Crippen LogP contribution in [0.4, 0.5) is 0 Å². The second kappa shape index (κ2) is 32.4. The van der Waals surface area contributed by atoms with Crippen molar-refractivity contribution < 1.29 is 17.1 Å². The van der Waals surface area contributed by atoms with Gasteiger partial charge in [0.05, 0.1) is 0 Å². The van der Waals surface area contributed by atoms with Crippen LogP contribution in [0.25, 0.3) is 0 Å². The summed E-state index contributed by atoms with van der Waals surface area (Å²) in [4.78, 5) is 0. The molecule has 1 aliphatic carbocycles. The maximum atomic E-state index is 2.99. The average molecular weight is 204 g/mol. The fourth-order valence-corrected chi connectivity index (χ4v) is 0.340. The van der Waals surface area contributed by atoms with E-state index >= 15 is 0 Å². The van der Waals surface area contributed by atoms with Crippen LogP contribution in [-0.4, -0.2) is 0 Å². The van der Waals surface area contributed by atoms with Gasteiger partial charge in [-0.25, -0.2) is 12.2 Å². The summed E-state index contributed by atoms with van der Waals surface area (Å²) in [6.07, 6.45) is 10.0. The van der Waals surface area contributed by atoms with Gasteiger partial charge in [0.2, 0.25) is 0 Å². The van der Waals surface area contributed by atoms with Crippen LogP contribution >= 0.6 is 0 Å². The van der Waals surface area contributed by atoms with Gasteiger partial charge in [-0.2, -0.15) is 6.08 Å². The topological polar surface area (TPSA) is 0 Å². The second-order valence-electron chi connectivity index (χ2n) is 1.00. The monoisotopic (exact) mass is 203 g/mol. The Morgan fingerprint density at radius 3 is 1.45 bits per heavy atom. The standard InChI is InChI=1S/C5H5.5CH3.Cu/c1-2-4-5-3-1;;;;;;/h1-3H,4H2;5*1H3;/q6*-1;. The van der Waals surface area contributed by atoms with E-state index in [0.29, 0.717) is 0 Å². The van der Waals surface area contributed by atoms with Crippen molar-refractivity contribution in [1.29, 1.82) is 0 Å². The molecule has 1 aliphatic rings. The van der Waals surface area contributed by atoms with E-state index in [9.17, 15) is 0 Å². The third-order valence-corrected chi connectivity index (χ3v) is 0.586. The molecule has 77 valence electrons. The molecule has 0 nitrogen and oxygen atoms in total. The molecule has 0 heterocycles. The van der Waals surface area contributed by atoms with Crippen LogP contribution in [0.15, 0.2) is 18.2 Å². The van der Waals surface area contributed by atoms with E-state index in [0.717, 1.165) is 6.42 Å². The van der Waals surface area contributed by atoms with Gasteiger partial charge < -0.3 is 37.1 Å². The van der Waals surface area contributed by atoms with E-state index in [4.69, 9.17) is 0 Å². The minimum atomic E-state index is 0. The van der Waals surface area contributed by atoms with Crippen molar-refractivity contribution in [1.82, 2.24) is 0 Å². The van der Waals surface area contributed by atoms with Gasteiger partial charge in [-0.3, -0.25) is 6.08 Å². The van der Waals surface area contributed by atoms with E-state index in [1.54, 1.807) is 0 Å². The molecule has 0 unspecified atom stereocenters. The predicted molar refractivity (Wildman–Crippen MR) is 53.6 cm³/mol. The minimum Gasteiger partial charge on any atom is -0.358 e. The fraction of sp³-hybridized carbons (Fsp3) is 0.100. The van der Waals surface area contributed by atoms with Crippen molar-refractivity contribution in [3.05, 3.63) is 61.4 Å². The molecule has 0 N–H and O–H groups in total. The van der Waals surface area contributed by atoms with Crippen molar-refractivity contribution in [2.45, 2.75) is 6.42 Å². The maximum Gasteiger partial charge on any atom is 0 e. The minimum absolute atomic E-state index is 0. The van der Waals surface area contributed by atoms with Gasteiger partial charge >= 0.3 is 0 Å². The predicted octanol–water partition coefficient (Wildman–Crippen LogP) is 3.55. The first-order valence-corrected chi connectivity index (χ1v) is 1.72. The molecule has 0 amide bonds. The molecule has 11 heavy (non-hydrogen) atoms. The van der Waals surface area contributed by atoms with Crippen molar-refractivity contribution >= 4 is 0 Å². The number of hydrogen-bond donors (Lipinski definition) is 0. The molecule has 0 aromatic carbocycles. The Morgan fingerprint density at radius 1 is 0.909 bits per heavy atom. The number of allylic oxidation sites excluding steroid dienone is 4. The first-order chi connectivity index (χ1) is 2.50. The summed E-state index contributed by atoms with van der Waals surface area (Å²) in [7, 11) is 0. The van der Waals surface area contributed by atoms with Crippen molar-refractivity contribution in [3.8, 4) is 0 Å². The Hall–Kier alpha value is -0.000519. The zero-order chi connectivity index (χ0) is 3.54. The molecular weight excluding hydrogens is 184 g/mol. The normalized spacial score (nSPS) is 8.00. The molecule has 0 aromatic heterocycles. The molecule has 0 saturated carbocycles. The van der Waals surface area contributed by atoms with Gasteiger partial charge in [-0.05, 0) is 0 Å². The Balaban J connectivity index is -0.0000000104. The van der Waals surface area contributed by atoms with Crippen LogP contribution in [-0.2, 0) is 17.1 Å². The molecule has 1 rings (SSSR count). The molecule has 0 aliphatic heterocycles. The van der Waals surface area contributed by atoms with Gasteiger partial charge in [-0.15, -0.1) is 6.42 Å². The molecule has 0 spiro atoms. The smallest absolute Gasteiger partial charge is 0 e. The van der Waals surface area contributed by atoms with Gasteiger partial charge in [0, 0.05) is 17.1 Å². The van der Waals surface area contributed by atoms with Gasteiger partial charge in [0.1, 0.15) is 0 Å². The first kappa shape index (κ1) is 44.0. The van der Waals surface area contributed by atoms with Crippen molar-refractivity contribution in [3.63, 3.8) is 0 Å². The van der Waals surface area contributed by atoms with Crippen molar-refractivity contribution in [2.24, 2.45) is 0 Å². The van der Waals surface area contributed by atoms with Crippen LogP contribution < -0.4 is 0 Å². The molecule has 1 heteroatoms. The van der Waals surface area contributed by atoms with E-state index < -0.39 is 0 Å². The van der Waals surface area contributed by atoms with Crippen LogP contribution in [0.2, 0.25) is 0 Å². The zero-order valence-electron chi connectivity index (χ0n) is 8.24. The van der Waals surface area contributed by atoms with Gasteiger partial charge in [-0.1, -0.05) is 0 Å². The molecule has 0 saturated heterocycles. The fourth-order valence-electron chi connectivity index (χ4n) is 0.340. The van der Waals surface area contributed by atoms with E-state index in [1.807, 2.05) is 12.2 Å². The molecule has 0 atom stereocenters. The summed E-state index contributed by atoms with van der Waals surface area (Å²) in [6, 6.07) is 0. The second-order valence-corrected chi connectivity index (χ2v) is 1.00. The van der Waals surface area contributed by atoms with E-state index in [2.05, 4.69) is 12.2 Å². The number of rotatable bonds is 0. The Kier molecular flexibility index (Phi) is 130. The molecular formula is C10H20Cu-6. The largest absolute Gasteiger partial charge is 0.358 e. The van der Waals surface area contributed by atoms with Crippen LogP contribution in [0.1, 0.15) is 6.42 Å². The van der Waals surface area contributed by atoms with Gasteiger partial charge in [0.25, 0.3) is 0 Å². The summed E-state index contributed by atoms with van der Waals surface area (Å²) in [5.74, 6) is 0. The van der Waals surface area contributed by atoms with Crippen LogP contribution in [0.3, 0.4) is 0 Å². The summed E-state index contributed by atoms with van der Waals surface area (Å²) in [5, 5.41) is 0. The quantitative estimate of drug-likeness (QED) is 0.417. The molecule has 0 fully saturated rings. The van der Waals surface area contributed by atoms with Crippen molar-refractivity contribution in [2.75, 3.05) is 0 Å². The number of hydrogen-bond acceptors (Lipinski definition) is 0. The van der Waals surface area contributed by atoms with Crippen LogP contribution in [0.5, 0.6) is 0 Å². The molecule has 0 aromatic rings. The van der Waals surface area contributed by atoms with E-state index in [1.165, 1.54) is 0 Å². The Labute approximate surface area is 85.3 Å². The Morgan fingerprint density at radius 2 is 1.36 bits per heavy atom. The third-order valence-electron chi connectivity index (χ3n) is 0.586. The first-order valence-electron chi connectivity index (χ1n) is 1.72. The van der Waals surface area contributed by atoms with E-state index in [-0.39, 0.29) is 54.2 Å². The zero-order valence-corrected chi connectivity index (χ0v) is 9.18. The average Bonchev–Trinajstić information content (AvgIpc) is 1.76. The summed E-state index contributed by atoms with van der Waals surface area (Å²) < 4.78 is 0. The SMILES string of the molecule is [C-]1=CC=CC1.[CH3-].[CH3-].[CH3-].[CH3-].[CH3-].[Cu]. The summed E-state index contributed by atoms with van der Waals surface area (Å²) in [6.45, 7) is 0. The summed E-state index contributed by atoms with van der Waals surface area (Å²) in [5.41, 5.74) is 0. The molecule has 0 bridgehead atoms. The summed E-state index contributed by atoms with van der Waals surface area (Å²) >= 11 is 0. The maximum absolute atomic E-state index is 2.99. The third kappa shape index (κ3) is 25.6. The molecule has 1 radical (unpaired) electrons. The van der Waals surface area contributed by atoms with Gasteiger partial charge in [0.15, 0.2) is 0 Å². The van der Waals surface area contributed by atoms with Crippen LogP contribution in [0, 0.1) is 43.2 Å².